The number of aliphatic hydroxyl groups excluding tert-OH is 1. The molecule has 1 unspecified atom stereocenters. The van der Waals surface area contributed by atoms with Crippen molar-refractivity contribution in [3.63, 3.8) is 0 Å². The van der Waals surface area contributed by atoms with E-state index in [-0.39, 0.29) is 5.76 Å². The van der Waals surface area contributed by atoms with Crippen LogP contribution in [0.3, 0.4) is 0 Å². The highest BCUT2D eigenvalue weighted by Gasteiger charge is 2.11. The van der Waals surface area contributed by atoms with Crippen LogP contribution in [-0.2, 0) is 6.54 Å². The van der Waals surface area contributed by atoms with Crippen molar-refractivity contribution in [1.29, 1.82) is 0 Å². The quantitative estimate of drug-likeness (QED) is 0.756. The van der Waals surface area contributed by atoms with E-state index in [1.54, 1.807) is 13.0 Å². The van der Waals surface area contributed by atoms with Crippen LogP contribution in [-0.4, -0.2) is 40.8 Å². The zero-order valence-corrected chi connectivity index (χ0v) is 8.80. The Kier molecular flexibility index (Phi) is 3.88. The molecule has 5 heteroatoms. The topological polar surface area (TPSA) is 73.9 Å². The second kappa shape index (κ2) is 4.95. The van der Waals surface area contributed by atoms with E-state index in [1.807, 2.05) is 11.9 Å². The highest BCUT2D eigenvalue weighted by atomic mass is 16.4. The smallest absolute Gasteiger partial charge is 0.371 e. The number of likely N-dealkylation sites (N-methyl/N-ethyl adjacent to an activating group) is 1. The molecule has 84 valence electrons. The van der Waals surface area contributed by atoms with Gasteiger partial charge in [0.25, 0.3) is 0 Å². The summed E-state index contributed by atoms with van der Waals surface area (Å²) in [5, 5.41) is 17.8. The van der Waals surface area contributed by atoms with Crippen molar-refractivity contribution in [2.75, 3.05) is 13.6 Å². The van der Waals surface area contributed by atoms with Gasteiger partial charge in [0.05, 0.1) is 12.6 Å². The van der Waals surface area contributed by atoms with E-state index < -0.39 is 12.1 Å². The summed E-state index contributed by atoms with van der Waals surface area (Å²) in [5.41, 5.74) is 0. The monoisotopic (exact) mass is 213 g/mol. The number of aromatic carboxylic acids is 1. The average molecular weight is 213 g/mol. The molecule has 0 radical (unpaired) electrons. The molecule has 0 aliphatic heterocycles. The van der Waals surface area contributed by atoms with Gasteiger partial charge in [0.1, 0.15) is 5.76 Å². The molecule has 0 saturated heterocycles. The van der Waals surface area contributed by atoms with Crippen molar-refractivity contribution in [3.05, 3.63) is 23.7 Å². The number of carboxylic acids is 1. The molecule has 5 nitrogen and oxygen atoms in total. The summed E-state index contributed by atoms with van der Waals surface area (Å²) >= 11 is 0. The lowest BCUT2D eigenvalue weighted by molar-refractivity contribution is 0.0657. The zero-order valence-electron chi connectivity index (χ0n) is 8.80. The Morgan fingerprint density at radius 2 is 2.27 bits per heavy atom. The average Bonchev–Trinajstić information content (AvgIpc) is 2.50. The van der Waals surface area contributed by atoms with Crippen LogP contribution in [0.1, 0.15) is 23.2 Å². The SMILES string of the molecule is CC(O)CN(C)Cc1ccc(C(=O)O)o1. The lowest BCUT2D eigenvalue weighted by Crippen LogP contribution is -2.26. The van der Waals surface area contributed by atoms with Gasteiger partial charge in [-0.15, -0.1) is 0 Å². The molecule has 1 atom stereocenters. The van der Waals surface area contributed by atoms with Crippen LogP contribution in [0.2, 0.25) is 0 Å². The number of nitrogens with zero attached hydrogens (tertiary/aromatic N) is 1. The standard InChI is InChI=1S/C10H15NO4/c1-7(12)5-11(2)6-8-3-4-9(15-8)10(13)14/h3-4,7,12H,5-6H2,1-2H3,(H,13,14). The normalized spacial score (nSPS) is 13.1. The predicted octanol–water partition coefficient (Wildman–Crippen LogP) is 0.790. The molecule has 1 aromatic heterocycles. The van der Waals surface area contributed by atoms with Crippen LogP contribution in [0.4, 0.5) is 0 Å². The number of rotatable bonds is 5. The third-order valence-electron chi connectivity index (χ3n) is 1.87. The molecule has 0 aliphatic rings. The predicted molar refractivity (Wildman–Crippen MR) is 53.7 cm³/mol. The molecule has 0 amide bonds. The molecule has 1 heterocycles. The van der Waals surface area contributed by atoms with Gasteiger partial charge >= 0.3 is 5.97 Å². The maximum Gasteiger partial charge on any atom is 0.371 e. The number of hydrogen-bond donors (Lipinski definition) is 2. The molecule has 0 aliphatic carbocycles. The third-order valence-corrected chi connectivity index (χ3v) is 1.87. The van der Waals surface area contributed by atoms with Crippen LogP contribution >= 0.6 is 0 Å². The molecule has 1 rings (SSSR count). The van der Waals surface area contributed by atoms with Crippen molar-refractivity contribution in [2.45, 2.75) is 19.6 Å². The van der Waals surface area contributed by atoms with Crippen molar-refractivity contribution in [3.8, 4) is 0 Å². The largest absolute Gasteiger partial charge is 0.475 e. The molecule has 1 aromatic rings. The van der Waals surface area contributed by atoms with Crippen molar-refractivity contribution < 1.29 is 19.4 Å². The Bertz CT molecular complexity index is 332. The Hall–Kier alpha value is -1.33. The van der Waals surface area contributed by atoms with Gasteiger partial charge in [-0.3, -0.25) is 4.90 Å². The van der Waals surface area contributed by atoms with Gasteiger partial charge in [-0.2, -0.15) is 0 Å². The number of carboxylic acid groups (broad SMARTS) is 1. The maximum atomic E-state index is 10.5. The Morgan fingerprint density at radius 3 is 2.73 bits per heavy atom. The first-order valence-electron chi connectivity index (χ1n) is 4.67. The Morgan fingerprint density at radius 1 is 1.60 bits per heavy atom. The third kappa shape index (κ3) is 3.73. The lowest BCUT2D eigenvalue weighted by Gasteiger charge is -2.16. The first kappa shape index (κ1) is 11.7. The molecule has 0 bridgehead atoms. The summed E-state index contributed by atoms with van der Waals surface area (Å²) in [7, 11) is 1.83. The Balaban J connectivity index is 2.53. The van der Waals surface area contributed by atoms with Crippen LogP contribution in [0.15, 0.2) is 16.5 Å². The van der Waals surface area contributed by atoms with E-state index in [2.05, 4.69) is 0 Å². The van der Waals surface area contributed by atoms with Gasteiger partial charge in [0.2, 0.25) is 5.76 Å². The summed E-state index contributed by atoms with van der Waals surface area (Å²) in [6, 6.07) is 3.05. The van der Waals surface area contributed by atoms with Gasteiger partial charge in [0, 0.05) is 6.54 Å². The van der Waals surface area contributed by atoms with Crippen molar-refractivity contribution >= 4 is 5.97 Å². The van der Waals surface area contributed by atoms with Gasteiger partial charge in [-0.05, 0) is 26.1 Å². The number of aliphatic hydroxyl groups is 1. The van der Waals surface area contributed by atoms with Crippen LogP contribution in [0.5, 0.6) is 0 Å². The first-order valence-corrected chi connectivity index (χ1v) is 4.67. The Labute approximate surface area is 87.9 Å². The molecular formula is C10H15NO4. The van der Waals surface area contributed by atoms with Crippen LogP contribution in [0, 0.1) is 0 Å². The lowest BCUT2D eigenvalue weighted by atomic mass is 10.3. The molecular weight excluding hydrogens is 198 g/mol. The zero-order chi connectivity index (χ0) is 11.4. The van der Waals surface area contributed by atoms with Gasteiger partial charge in [0.15, 0.2) is 0 Å². The molecule has 0 fully saturated rings. The fraction of sp³-hybridized carbons (Fsp3) is 0.500. The summed E-state index contributed by atoms with van der Waals surface area (Å²) in [5.74, 6) is -0.551. The molecule has 0 aromatic carbocycles. The van der Waals surface area contributed by atoms with E-state index >= 15 is 0 Å². The van der Waals surface area contributed by atoms with Crippen LogP contribution in [0.25, 0.3) is 0 Å². The molecule has 15 heavy (non-hydrogen) atoms. The highest BCUT2D eigenvalue weighted by Crippen LogP contribution is 2.09. The van der Waals surface area contributed by atoms with E-state index in [0.717, 1.165) is 0 Å². The van der Waals surface area contributed by atoms with Crippen molar-refractivity contribution in [1.82, 2.24) is 4.90 Å². The van der Waals surface area contributed by atoms with Gasteiger partial charge in [-0.25, -0.2) is 4.79 Å². The maximum absolute atomic E-state index is 10.5. The second-order valence-corrected chi connectivity index (χ2v) is 3.62. The number of carbonyl (C=O) groups is 1. The molecule has 2 N–H and O–H groups in total. The van der Waals surface area contributed by atoms with E-state index in [9.17, 15) is 4.79 Å². The molecule has 0 spiro atoms. The van der Waals surface area contributed by atoms with E-state index in [0.29, 0.717) is 18.8 Å². The summed E-state index contributed by atoms with van der Waals surface area (Å²) < 4.78 is 5.07. The van der Waals surface area contributed by atoms with Crippen molar-refractivity contribution in [2.24, 2.45) is 0 Å². The summed E-state index contributed by atoms with van der Waals surface area (Å²) in [6.45, 7) is 2.70. The summed E-state index contributed by atoms with van der Waals surface area (Å²) in [6.07, 6.45) is -0.413. The van der Waals surface area contributed by atoms with Crippen LogP contribution < -0.4 is 0 Å². The second-order valence-electron chi connectivity index (χ2n) is 3.62. The molecule has 0 saturated carbocycles. The van der Waals surface area contributed by atoms with E-state index in [1.165, 1.54) is 6.07 Å². The summed E-state index contributed by atoms with van der Waals surface area (Å²) in [4.78, 5) is 12.4. The fourth-order valence-electron chi connectivity index (χ4n) is 1.36. The van der Waals surface area contributed by atoms with E-state index in [4.69, 9.17) is 14.6 Å². The van der Waals surface area contributed by atoms with Gasteiger partial charge in [-0.1, -0.05) is 0 Å². The minimum atomic E-state index is -1.07. The number of furan rings is 1. The highest BCUT2D eigenvalue weighted by molar-refractivity contribution is 5.84. The van der Waals surface area contributed by atoms with Gasteiger partial charge < -0.3 is 14.6 Å². The fourth-order valence-corrected chi connectivity index (χ4v) is 1.36. The first-order chi connectivity index (χ1) is 6.99. The number of hydrogen-bond acceptors (Lipinski definition) is 4. The minimum absolute atomic E-state index is 0.0598. The minimum Gasteiger partial charge on any atom is -0.475 e.